The Morgan fingerprint density at radius 2 is 1.71 bits per heavy atom. The van der Waals surface area contributed by atoms with Gasteiger partial charge in [0.15, 0.2) is 0 Å². The van der Waals surface area contributed by atoms with Crippen LogP contribution in [0.25, 0.3) is 0 Å². The van der Waals surface area contributed by atoms with Crippen LogP contribution in [-0.4, -0.2) is 7.05 Å². The number of rotatable bonds is 5. The quantitative estimate of drug-likeness (QED) is 0.809. The SMILES string of the molecule is CCc1ccc(CC(NC)c2ccccc2C(C)(C)C)s1. The molecule has 0 amide bonds. The summed E-state index contributed by atoms with van der Waals surface area (Å²) in [6.45, 7) is 9.09. The van der Waals surface area contributed by atoms with E-state index >= 15 is 0 Å². The van der Waals surface area contributed by atoms with Crippen molar-refractivity contribution in [1.82, 2.24) is 5.32 Å². The number of hydrogen-bond donors (Lipinski definition) is 1. The first-order valence-corrected chi connectivity index (χ1v) is 8.61. The molecule has 21 heavy (non-hydrogen) atoms. The average Bonchev–Trinajstić information content (AvgIpc) is 2.91. The molecule has 0 spiro atoms. The van der Waals surface area contributed by atoms with Crippen LogP contribution in [0.15, 0.2) is 36.4 Å². The summed E-state index contributed by atoms with van der Waals surface area (Å²) in [6.07, 6.45) is 2.20. The van der Waals surface area contributed by atoms with E-state index in [2.05, 4.69) is 76.5 Å². The summed E-state index contributed by atoms with van der Waals surface area (Å²) in [5.74, 6) is 0. The minimum absolute atomic E-state index is 0.176. The van der Waals surface area contributed by atoms with Crippen molar-refractivity contribution in [2.24, 2.45) is 0 Å². The lowest BCUT2D eigenvalue weighted by atomic mass is 9.81. The lowest BCUT2D eigenvalue weighted by Gasteiger charge is -2.27. The summed E-state index contributed by atoms with van der Waals surface area (Å²) < 4.78 is 0. The van der Waals surface area contributed by atoms with E-state index in [4.69, 9.17) is 0 Å². The van der Waals surface area contributed by atoms with Gasteiger partial charge in [0.25, 0.3) is 0 Å². The Morgan fingerprint density at radius 1 is 1.05 bits per heavy atom. The van der Waals surface area contributed by atoms with E-state index in [0.717, 1.165) is 12.8 Å². The molecule has 2 aromatic rings. The largest absolute Gasteiger partial charge is 0.313 e. The van der Waals surface area contributed by atoms with Gasteiger partial charge in [-0.3, -0.25) is 0 Å². The molecule has 1 atom stereocenters. The van der Waals surface area contributed by atoms with Gasteiger partial charge in [0.2, 0.25) is 0 Å². The lowest BCUT2D eigenvalue weighted by Crippen LogP contribution is -2.23. The smallest absolute Gasteiger partial charge is 0.0369 e. The van der Waals surface area contributed by atoms with Crippen molar-refractivity contribution < 1.29 is 0 Å². The molecule has 1 aromatic heterocycles. The fraction of sp³-hybridized carbons (Fsp3) is 0.474. The van der Waals surface area contributed by atoms with Crippen molar-refractivity contribution in [2.75, 3.05) is 7.05 Å². The number of nitrogens with one attached hydrogen (secondary N) is 1. The zero-order chi connectivity index (χ0) is 15.5. The van der Waals surface area contributed by atoms with Crippen LogP contribution in [0.2, 0.25) is 0 Å². The van der Waals surface area contributed by atoms with E-state index in [9.17, 15) is 0 Å². The van der Waals surface area contributed by atoms with Gasteiger partial charge < -0.3 is 5.32 Å². The van der Waals surface area contributed by atoms with Gasteiger partial charge in [0.05, 0.1) is 0 Å². The van der Waals surface area contributed by atoms with Gasteiger partial charge in [0.1, 0.15) is 0 Å². The van der Waals surface area contributed by atoms with Crippen LogP contribution in [0, 0.1) is 0 Å². The fourth-order valence-electron chi connectivity index (χ4n) is 2.77. The summed E-state index contributed by atoms with van der Waals surface area (Å²) in [5.41, 5.74) is 3.05. The number of thiophene rings is 1. The van der Waals surface area contributed by atoms with Gasteiger partial charge in [-0.15, -0.1) is 11.3 Å². The normalized spacial score (nSPS) is 13.4. The molecule has 0 aliphatic carbocycles. The highest BCUT2D eigenvalue weighted by atomic mass is 32.1. The first-order chi connectivity index (χ1) is 9.95. The second-order valence-electron chi connectivity index (χ2n) is 6.60. The van der Waals surface area contributed by atoms with Gasteiger partial charge in [-0.2, -0.15) is 0 Å². The highest BCUT2D eigenvalue weighted by molar-refractivity contribution is 7.11. The Bertz CT molecular complexity index is 577. The molecule has 0 aliphatic rings. The molecule has 1 unspecified atom stereocenters. The predicted octanol–water partition coefficient (Wildman–Crippen LogP) is 5.11. The molecule has 0 fully saturated rings. The average molecular weight is 301 g/mol. The molecule has 2 rings (SSSR count). The van der Waals surface area contributed by atoms with Gasteiger partial charge in [-0.05, 0) is 42.1 Å². The van der Waals surface area contributed by atoms with Gasteiger partial charge in [-0.25, -0.2) is 0 Å². The third kappa shape index (κ3) is 3.96. The van der Waals surface area contributed by atoms with Crippen molar-refractivity contribution in [3.05, 3.63) is 57.3 Å². The molecule has 1 heterocycles. The van der Waals surface area contributed by atoms with E-state index in [-0.39, 0.29) is 5.41 Å². The van der Waals surface area contributed by atoms with Crippen molar-refractivity contribution in [3.8, 4) is 0 Å². The molecule has 0 radical (unpaired) electrons. The molecule has 114 valence electrons. The van der Waals surface area contributed by atoms with Crippen LogP contribution in [-0.2, 0) is 18.3 Å². The maximum absolute atomic E-state index is 3.51. The predicted molar refractivity (Wildman–Crippen MR) is 94.3 cm³/mol. The Morgan fingerprint density at radius 3 is 2.29 bits per heavy atom. The summed E-state index contributed by atoms with van der Waals surface area (Å²) in [4.78, 5) is 2.94. The first kappa shape index (κ1) is 16.3. The summed E-state index contributed by atoms with van der Waals surface area (Å²) in [7, 11) is 2.07. The van der Waals surface area contributed by atoms with Crippen LogP contribution < -0.4 is 5.32 Å². The maximum Gasteiger partial charge on any atom is 0.0369 e. The van der Waals surface area contributed by atoms with Crippen molar-refractivity contribution in [1.29, 1.82) is 0 Å². The zero-order valence-electron chi connectivity index (χ0n) is 13.9. The molecular weight excluding hydrogens is 274 g/mol. The minimum atomic E-state index is 0.176. The third-order valence-electron chi connectivity index (χ3n) is 3.96. The minimum Gasteiger partial charge on any atom is -0.313 e. The van der Waals surface area contributed by atoms with E-state index in [1.165, 1.54) is 20.9 Å². The number of benzene rings is 1. The fourth-order valence-corrected chi connectivity index (χ4v) is 3.78. The van der Waals surface area contributed by atoms with Crippen molar-refractivity contribution >= 4 is 11.3 Å². The van der Waals surface area contributed by atoms with Gasteiger partial charge in [-0.1, -0.05) is 52.0 Å². The van der Waals surface area contributed by atoms with Crippen LogP contribution in [0.4, 0.5) is 0 Å². The van der Waals surface area contributed by atoms with Gasteiger partial charge in [0, 0.05) is 22.2 Å². The lowest BCUT2D eigenvalue weighted by molar-refractivity contribution is 0.541. The van der Waals surface area contributed by atoms with Crippen LogP contribution in [0.3, 0.4) is 0 Å². The number of aryl methyl sites for hydroxylation is 1. The highest BCUT2D eigenvalue weighted by Crippen LogP contribution is 2.32. The maximum atomic E-state index is 3.51. The van der Waals surface area contributed by atoms with Gasteiger partial charge >= 0.3 is 0 Å². The Kier molecular flexibility index (Phi) is 5.23. The number of likely N-dealkylation sites (N-methyl/N-ethyl adjacent to an activating group) is 1. The van der Waals surface area contributed by atoms with E-state index in [1.807, 2.05) is 11.3 Å². The standard InChI is InChI=1S/C19H27NS/c1-6-14-11-12-15(21-14)13-18(20-5)16-9-7-8-10-17(16)19(2,3)4/h7-12,18,20H,6,13H2,1-5H3. The molecule has 1 nitrogen and oxygen atoms in total. The Balaban J connectivity index is 2.29. The first-order valence-electron chi connectivity index (χ1n) is 7.80. The summed E-state index contributed by atoms with van der Waals surface area (Å²) >= 11 is 1.94. The molecule has 1 N–H and O–H groups in total. The molecule has 0 saturated carbocycles. The second-order valence-corrected chi connectivity index (χ2v) is 7.86. The van der Waals surface area contributed by atoms with Crippen LogP contribution in [0.5, 0.6) is 0 Å². The van der Waals surface area contributed by atoms with Crippen molar-refractivity contribution in [3.63, 3.8) is 0 Å². The monoisotopic (exact) mass is 301 g/mol. The van der Waals surface area contributed by atoms with E-state index < -0.39 is 0 Å². The summed E-state index contributed by atoms with van der Waals surface area (Å²) in [5, 5.41) is 3.51. The van der Waals surface area contributed by atoms with Crippen LogP contribution >= 0.6 is 11.3 Å². The Labute approximate surface area is 133 Å². The molecule has 0 bridgehead atoms. The Hall–Kier alpha value is -1.12. The topological polar surface area (TPSA) is 12.0 Å². The second kappa shape index (κ2) is 6.76. The molecule has 0 aliphatic heterocycles. The number of hydrogen-bond acceptors (Lipinski definition) is 2. The molecule has 2 heteroatoms. The molecular formula is C19H27NS. The zero-order valence-corrected chi connectivity index (χ0v) is 14.7. The van der Waals surface area contributed by atoms with E-state index in [0.29, 0.717) is 6.04 Å². The molecule has 0 saturated heterocycles. The van der Waals surface area contributed by atoms with Crippen LogP contribution in [0.1, 0.15) is 54.6 Å². The van der Waals surface area contributed by atoms with E-state index in [1.54, 1.807) is 0 Å². The summed E-state index contributed by atoms with van der Waals surface area (Å²) in [6, 6.07) is 13.8. The third-order valence-corrected chi connectivity index (χ3v) is 5.22. The van der Waals surface area contributed by atoms with Crippen molar-refractivity contribution in [2.45, 2.75) is 52.0 Å². The molecule has 1 aromatic carbocycles. The highest BCUT2D eigenvalue weighted by Gasteiger charge is 2.22.